The van der Waals surface area contributed by atoms with E-state index >= 15 is 0 Å². The molecule has 0 aromatic heterocycles. The van der Waals surface area contributed by atoms with Crippen LogP contribution in [0.1, 0.15) is 42.0 Å². The molecule has 0 spiro atoms. The van der Waals surface area contributed by atoms with Crippen molar-refractivity contribution in [1.82, 2.24) is 0 Å². The summed E-state index contributed by atoms with van der Waals surface area (Å²) in [6, 6.07) is 0. The molecule has 0 aliphatic carbocycles. The van der Waals surface area contributed by atoms with Gasteiger partial charge in [0.15, 0.2) is 0 Å². The lowest BCUT2D eigenvalue weighted by Gasteiger charge is -2.26. The van der Waals surface area contributed by atoms with Gasteiger partial charge in [0.1, 0.15) is 0 Å². The van der Waals surface area contributed by atoms with Crippen molar-refractivity contribution in [3.63, 3.8) is 0 Å². The molecule has 0 N–H and O–H groups in total. The molecular weight excluding hydrogens is 124 g/mol. The van der Waals surface area contributed by atoms with E-state index in [1.54, 1.807) is 0 Å². The van der Waals surface area contributed by atoms with E-state index in [4.69, 9.17) is 4.74 Å². The molecule has 0 bridgehead atoms. The molecule has 0 radical (unpaired) electrons. The first-order chi connectivity index (χ1) is 3.98. The van der Waals surface area contributed by atoms with Gasteiger partial charge in [-0.05, 0) is 19.3 Å². The quantitative estimate of drug-likeness (QED) is 0.581. The summed E-state index contributed by atoms with van der Waals surface area (Å²) in [5.74, 6) is 0. The van der Waals surface area contributed by atoms with Crippen molar-refractivity contribution < 1.29 is 4.74 Å². The van der Waals surface area contributed by atoms with Crippen LogP contribution in [0.2, 0.25) is 0 Å². The lowest BCUT2D eigenvalue weighted by molar-refractivity contribution is 0.00224. The zero-order valence-electron chi connectivity index (χ0n) is 7.19. The second-order valence-electron chi connectivity index (χ2n) is 3.46. The molecule has 0 saturated heterocycles. The average molecular weight is 146 g/mol. The lowest BCUT2D eigenvalue weighted by Crippen LogP contribution is -2.25. The number of hydrogen-bond acceptors (Lipinski definition) is 1. The number of ether oxygens (including phenoxy) is 1. The van der Waals surface area contributed by atoms with Crippen LogP contribution in [-0.2, 0) is 4.74 Å². The van der Waals surface area contributed by atoms with Gasteiger partial charge in [0, 0.05) is 6.61 Å². The van der Waals surface area contributed by atoms with E-state index in [1.165, 1.54) is 0 Å². The molecule has 0 aromatic rings. The van der Waals surface area contributed by atoms with Crippen molar-refractivity contribution in [2.24, 2.45) is 5.41 Å². The molecule has 0 rings (SSSR count). The molecule has 0 heterocycles. The molecular formula is C9H22O. The van der Waals surface area contributed by atoms with Gasteiger partial charge in [-0.2, -0.15) is 0 Å². The summed E-state index contributed by atoms with van der Waals surface area (Å²) in [5, 5.41) is 0. The molecule has 1 heteroatoms. The second-order valence-corrected chi connectivity index (χ2v) is 3.46. The summed E-state index contributed by atoms with van der Waals surface area (Å²) in [6.45, 7) is 11.5. The highest BCUT2D eigenvalue weighted by Crippen LogP contribution is 2.20. The molecule has 0 saturated carbocycles. The van der Waals surface area contributed by atoms with Crippen molar-refractivity contribution in [2.75, 3.05) is 6.61 Å². The van der Waals surface area contributed by atoms with Gasteiger partial charge in [-0.1, -0.05) is 28.2 Å². The predicted octanol–water partition coefficient (Wildman–Crippen LogP) is 3.09. The maximum Gasteiger partial charge on any atom is 0.0595 e. The van der Waals surface area contributed by atoms with Gasteiger partial charge in [0.05, 0.1) is 6.10 Å². The summed E-state index contributed by atoms with van der Waals surface area (Å²) < 4.78 is 5.41. The minimum absolute atomic E-state index is 0. The van der Waals surface area contributed by atoms with Crippen molar-refractivity contribution in [3.05, 3.63) is 0 Å². The van der Waals surface area contributed by atoms with Gasteiger partial charge < -0.3 is 4.74 Å². The Balaban J connectivity index is 0. The molecule has 0 aromatic carbocycles. The van der Waals surface area contributed by atoms with Crippen LogP contribution in [0.15, 0.2) is 0 Å². The topological polar surface area (TPSA) is 9.23 Å². The van der Waals surface area contributed by atoms with Crippen LogP contribution in [-0.4, -0.2) is 12.7 Å². The highest BCUT2D eigenvalue weighted by molar-refractivity contribution is 4.68. The third-order valence-corrected chi connectivity index (χ3v) is 1.64. The standard InChI is InChI=1S/C8H18O.CH4/c1-6-9-7(2)8(3,4)5;/h7H,6H2,1-5H3;1H4. The van der Waals surface area contributed by atoms with Crippen LogP contribution in [0.3, 0.4) is 0 Å². The fourth-order valence-corrected chi connectivity index (χ4v) is 0.500. The fourth-order valence-electron chi connectivity index (χ4n) is 0.500. The molecule has 0 amide bonds. The fraction of sp³-hybridized carbons (Fsp3) is 1.00. The van der Waals surface area contributed by atoms with Crippen LogP contribution < -0.4 is 0 Å². The Hall–Kier alpha value is -0.0400. The largest absolute Gasteiger partial charge is 0.378 e. The van der Waals surface area contributed by atoms with Crippen LogP contribution in [0.25, 0.3) is 0 Å². The molecule has 0 fully saturated rings. The summed E-state index contributed by atoms with van der Waals surface area (Å²) in [6.07, 6.45) is 0.363. The zero-order valence-corrected chi connectivity index (χ0v) is 7.19. The van der Waals surface area contributed by atoms with E-state index in [0.717, 1.165) is 6.61 Å². The molecule has 0 aliphatic rings. The monoisotopic (exact) mass is 146 g/mol. The summed E-state index contributed by atoms with van der Waals surface area (Å²) >= 11 is 0. The lowest BCUT2D eigenvalue weighted by atomic mass is 9.90. The third-order valence-electron chi connectivity index (χ3n) is 1.64. The van der Waals surface area contributed by atoms with Crippen LogP contribution >= 0.6 is 0 Å². The maximum atomic E-state index is 5.41. The van der Waals surface area contributed by atoms with Crippen LogP contribution in [0, 0.1) is 5.41 Å². The van der Waals surface area contributed by atoms with E-state index in [0.29, 0.717) is 6.10 Å². The van der Waals surface area contributed by atoms with E-state index in [2.05, 4.69) is 27.7 Å². The Kier molecular flexibility index (Phi) is 5.96. The SMILES string of the molecule is C.CCOC(C)C(C)(C)C. The average Bonchev–Trinajstić information content (AvgIpc) is 1.64. The van der Waals surface area contributed by atoms with Gasteiger partial charge in [0.2, 0.25) is 0 Å². The normalized spacial score (nSPS) is 14.1. The minimum Gasteiger partial charge on any atom is -0.378 e. The molecule has 10 heavy (non-hydrogen) atoms. The Labute approximate surface area is 65.8 Å². The molecule has 1 atom stereocenters. The minimum atomic E-state index is 0. The highest BCUT2D eigenvalue weighted by Gasteiger charge is 2.19. The molecule has 1 nitrogen and oxygen atoms in total. The van der Waals surface area contributed by atoms with E-state index < -0.39 is 0 Å². The Morgan fingerprint density at radius 3 is 1.80 bits per heavy atom. The van der Waals surface area contributed by atoms with Gasteiger partial charge in [-0.25, -0.2) is 0 Å². The first-order valence-corrected chi connectivity index (χ1v) is 3.60. The third kappa shape index (κ3) is 4.80. The summed E-state index contributed by atoms with van der Waals surface area (Å²) in [7, 11) is 0. The number of hydrogen-bond donors (Lipinski definition) is 0. The molecule has 64 valence electrons. The maximum absolute atomic E-state index is 5.41. The van der Waals surface area contributed by atoms with E-state index in [9.17, 15) is 0 Å². The molecule has 0 aliphatic heterocycles. The van der Waals surface area contributed by atoms with Gasteiger partial charge >= 0.3 is 0 Å². The van der Waals surface area contributed by atoms with Crippen molar-refractivity contribution in [1.29, 1.82) is 0 Å². The summed E-state index contributed by atoms with van der Waals surface area (Å²) in [4.78, 5) is 0. The molecule has 1 unspecified atom stereocenters. The van der Waals surface area contributed by atoms with Crippen LogP contribution in [0.5, 0.6) is 0 Å². The first-order valence-electron chi connectivity index (χ1n) is 3.60. The first kappa shape index (κ1) is 12.6. The van der Waals surface area contributed by atoms with Gasteiger partial charge in [-0.3, -0.25) is 0 Å². The predicted molar refractivity (Wildman–Crippen MR) is 47.3 cm³/mol. The van der Waals surface area contributed by atoms with Crippen molar-refractivity contribution in [2.45, 2.75) is 48.1 Å². The Morgan fingerprint density at radius 2 is 1.70 bits per heavy atom. The summed E-state index contributed by atoms with van der Waals surface area (Å²) in [5.41, 5.74) is 0.288. The van der Waals surface area contributed by atoms with E-state index in [1.807, 2.05) is 6.92 Å². The number of rotatable bonds is 2. The Bertz CT molecular complexity index is 71.3. The van der Waals surface area contributed by atoms with Gasteiger partial charge in [-0.15, -0.1) is 0 Å². The van der Waals surface area contributed by atoms with Crippen LogP contribution in [0.4, 0.5) is 0 Å². The van der Waals surface area contributed by atoms with Crippen molar-refractivity contribution >= 4 is 0 Å². The van der Waals surface area contributed by atoms with Gasteiger partial charge in [0.25, 0.3) is 0 Å². The van der Waals surface area contributed by atoms with Crippen molar-refractivity contribution in [3.8, 4) is 0 Å². The zero-order chi connectivity index (χ0) is 7.49. The Morgan fingerprint density at radius 1 is 1.30 bits per heavy atom. The van der Waals surface area contributed by atoms with E-state index in [-0.39, 0.29) is 12.8 Å². The smallest absolute Gasteiger partial charge is 0.0595 e. The highest BCUT2D eigenvalue weighted by atomic mass is 16.5. The second kappa shape index (κ2) is 4.73.